The first-order valence-electron chi connectivity index (χ1n) is 6.57. The molecule has 0 bridgehead atoms. The average Bonchev–Trinajstić information content (AvgIpc) is 2.30. The molecule has 0 atom stereocenters. The number of benzene rings is 1. The molecule has 1 aliphatic rings. The average molecular weight is 249 g/mol. The Bertz CT molecular complexity index is 334. The van der Waals surface area contributed by atoms with Gasteiger partial charge in [-0.05, 0) is 57.7 Å². The molecule has 0 unspecified atom stereocenters. The van der Waals surface area contributed by atoms with Crippen molar-refractivity contribution in [1.29, 1.82) is 0 Å². The maximum atomic E-state index is 4.65. The van der Waals surface area contributed by atoms with Crippen molar-refractivity contribution in [3.05, 3.63) is 35.9 Å². The van der Waals surface area contributed by atoms with E-state index in [0.717, 1.165) is 5.92 Å². The molecule has 17 heavy (non-hydrogen) atoms. The monoisotopic (exact) mass is 249 g/mol. The summed E-state index contributed by atoms with van der Waals surface area (Å²) in [5.74, 6) is 0.851. The number of hydrogen-bond acceptors (Lipinski definition) is 2. The quantitative estimate of drug-likeness (QED) is 0.801. The topological polar surface area (TPSA) is 3.24 Å². The van der Waals surface area contributed by atoms with Crippen LogP contribution in [0.5, 0.6) is 0 Å². The minimum atomic E-state index is 0.0394. The van der Waals surface area contributed by atoms with Crippen molar-refractivity contribution in [2.45, 2.75) is 38.0 Å². The maximum Gasteiger partial charge on any atom is 0.0583 e. The third kappa shape index (κ3) is 3.75. The van der Waals surface area contributed by atoms with Crippen LogP contribution in [0.15, 0.2) is 30.3 Å². The Labute approximate surface area is 111 Å². The highest BCUT2D eigenvalue weighted by atomic mass is 32.1. The first kappa shape index (κ1) is 13.0. The van der Waals surface area contributed by atoms with Crippen molar-refractivity contribution in [3.8, 4) is 0 Å². The molecule has 1 aromatic carbocycles. The molecule has 0 aliphatic carbocycles. The van der Waals surface area contributed by atoms with Crippen LogP contribution in [-0.2, 0) is 6.42 Å². The van der Waals surface area contributed by atoms with E-state index >= 15 is 0 Å². The highest BCUT2D eigenvalue weighted by Gasteiger charge is 2.27. The van der Waals surface area contributed by atoms with Gasteiger partial charge >= 0.3 is 0 Å². The molecular formula is C15H23NS. The summed E-state index contributed by atoms with van der Waals surface area (Å²) in [6.45, 7) is 6.75. The Morgan fingerprint density at radius 1 is 1.18 bits per heavy atom. The first-order chi connectivity index (χ1) is 8.05. The van der Waals surface area contributed by atoms with E-state index in [0.29, 0.717) is 0 Å². The van der Waals surface area contributed by atoms with Crippen molar-refractivity contribution < 1.29 is 0 Å². The molecule has 1 heterocycles. The van der Waals surface area contributed by atoms with Crippen molar-refractivity contribution in [2.24, 2.45) is 5.92 Å². The molecule has 0 saturated carbocycles. The summed E-state index contributed by atoms with van der Waals surface area (Å²) < 4.78 is 0. The zero-order chi connectivity index (χ0) is 12.3. The zero-order valence-electron chi connectivity index (χ0n) is 10.9. The number of hydrogen-bond donors (Lipinski definition) is 1. The summed E-state index contributed by atoms with van der Waals surface area (Å²) in [6.07, 6.45) is 3.85. The molecule has 94 valence electrons. The van der Waals surface area contributed by atoms with Gasteiger partial charge in [0.05, 0.1) is 4.87 Å². The van der Waals surface area contributed by atoms with Gasteiger partial charge < -0.3 is 0 Å². The summed E-state index contributed by atoms with van der Waals surface area (Å²) in [4.78, 5) is 2.52. The predicted octanol–water partition coefficient (Wildman–Crippen LogP) is 3.61. The van der Waals surface area contributed by atoms with Crippen LogP contribution >= 0.6 is 12.6 Å². The lowest BCUT2D eigenvalue weighted by Crippen LogP contribution is -2.44. The minimum Gasteiger partial charge on any atom is -0.290 e. The van der Waals surface area contributed by atoms with Crippen LogP contribution < -0.4 is 0 Å². The summed E-state index contributed by atoms with van der Waals surface area (Å²) in [6, 6.07) is 10.9. The van der Waals surface area contributed by atoms with Crippen LogP contribution in [0.4, 0.5) is 0 Å². The molecular weight excluding hydrogens is 226 g/mol. The Balaban J connectivity index is 1.84. The zero-order valence-corrected chi connectivity index (χ0v) is 11.8. The second-order valence-electron chi connectivity index (χ2n) is 5.61. The van der Waals surface area contributed by atoms with E-state index in [-0.39, 0.29) is 4.87 Å². The Morgan fingerprint density at radius 3 is 2.29 bits per heavy atom. The lowest BCUT2D eigenvalue weighted by Gasteiger charge is -2.40. The fourth-order valence-electron chi connectivity index (χ4n) is 2.63. The number of likely N-dealkylation sites (tertiary alicyclic amines) is 1. The smallest absolute Gasteiger partial charge is 0.0583 e. The third-order valence-electron chi connectivity index (χ3n) is 3.76. The van der Waals surface area contributed by atoms with E-state index in [1.165, 1.54) is 37.9 Å². The Hall–Kier alpha value is -0.470. The van der Waals surface area contributed by atoms with Crippen molar-refractivity contribution >= 4 is 12.6 Å². The Kier molecular flexibility index (Phi) is 4.16. The fourth-order valence-corrected chi connectivity index (χ4v) is 2.83. The number of rotatable bonds is 3. The molecule has 0 amide bonds. The summed E-state index contributed by atoms with van der Waals surface area (Å²) in [5, 5.41) is 0. The summed E-state index contributed by atoms with van der Waals surface area (Å²) in [5.41, 5.74) is 1.48. The standard InChI is InChI=1S/C15H23NS/c1-15(2,17)16-10-8-14(9-11-16)12-13-6-4-3-5-7-13/h3-7,14,17H,8-12H2,1-2H3. The molecule has 1 fully saturated rings. The normalized spacial score (nSPS) is 19.5. The van der Waals surface area contributed by atoms with Crippen molar-refractivity contribution in [3.63, 3.8) is 0 Å². The van der Waals surface area contributed by atoms with Crippen molar-refractivity contribution in [1.82, 2.24) is 4.90 Å². The molecule has 2 heteroatoms. The van der Waals surface area contributed by atoms with Gasteiger partial charge in [0.2, 0.25) is 0 Å². The highest BCUT2D eigenvalue weighted by Crippen LogP contribution is 2.28. The van der Waals surface area contributed by atoms with E-state index in [4.69, 9.17) is 0 Å². The van der Waals surface area contributed by atoms with Gasteiger partial charge in [0.15, 0.2) is 0 Å². The molecule has 0 aromatic heterocycles. The van der Waals surface area contributed by atoms with Crippen LogP contribution in [0, 0.1) is 5.92 Å². The SMILES string of the molecule is CC(C)(S)N1CCC(Cc2ccccc2)CC1. The molecule has 0 radical (unpaired) electrons. The van der Waals surface area contributed by atoms with E-state index in [1.54, 1.807) is 0 Å². The predicted molar refractivity (Wildman–Crippen MR) is 77.5 cm³/mol. The van der Waals surface area contributed by atoms with E-state index in [1.807, 2.05) is 0 Å². The van der Waals surface area contributed by atoms with Crippen LogP contribution in [0.2, 0.25) is 0 Å². The summed E-state index contributed by atoms with van der Waals surface area (Å²) >= 11 is 4.65. The molecule has 0 N–H and O–H groups in total. The molecule has 1 nitrogen and oxygen atoms in total. The van der Waals surface area contributed by atoms with Gasteiger partial charge in [0.1, 0.15) is 0 Å². The van der Waals surface area contributed by atoms with Gasteiger partial charge in [-0.25, -0.2) is 0 Å². The van der Waals surface area contributed by atoms with E-state index in [9.17, 15) is 0 Å². The largest absolute Gasteiger partial charge is 0.290 e. The molecule has 1 aromatic rings. The second kappa shape index (κ2) is 5.45. The highest BCUT2D eigenvalue weighted by molar-refractivity contribution is 7.81. The van der Waals surface area contributed by atoms with Crippen LogP contribution in [0.1, 0.15) is 32.3 Å². The number of nitrogens with zero attached hydrogens (tertiary/aromatic N) is 1. The maximum absolute atomic E-state index is 4.65. The van der Waals surface area contributed by atoms with Crippen LogP contribution in [0.25, 0.3) is 0 Å². The molecule has 0 spiro atoms. The fraction of sp³-hybridized carbons (Fsp3) is 0.600. The van der Waals surface area contributed by atoms with Gasteiger partial charge in [-0.2, -0.15) is 12.6 Å². The molecule has 1 saturated heterocycles. The lowest BCUT2D eigenvalue weighted by atomic mass is 9.90. The van der Waals surface area contributed by atoms with Crippen LogP contribution in [0.3, 0.4) is 0 Å². The summed E-state index contributed by atoms with van der Waals surface area (Å²) in [7, 11) is 0. The number of piperidine rings is 1. The van der Waals surface area contributed by atoms with E-state index < -0.39 is 0 Å². The Morgan fingerprint density at radius 2 is 1.76 bits per heavy atom. The minimum absolute atomic E-state index is 0.0394. The van der Waals surface area contributed by atoms with Gasteiger partial charge in [-0.15, -0.1) is 0 Å². The third-order valence-corrected chi connectivity index (χ3v) is 4.04. The molecule has 1 aliphatic heterocycles. The van der Waals surface area contributed by atoms with E-state index in [2.05, 4.69) is 61.7 Å². The molecule has 2 rings (SSSR count). The first-order valence-corrected chi connectivity index (χ1v) is 7.02. The van der Waals surface area contributed by atoms with Crippen LogP contribution in [-0.4, -0.2) is 22.9 Å². The second-order valence-corrected chi connectivity index (χ2v) is 6.71. The lowest BCUT2D eigenvalue weighted by molar-refractivity contribution is 0.132. The van der Waals surface area contributed by atoms with Gasteiger partial charge in [-0.1, -0.05) is 30.3 Å². The van der Waals surface area contributed by atoms with Crippen molar-refractivity contribution in [2.75, 3.05) is 13.1 Å². The van der Waals surface area contributed by atoms with Gasteiger partial charge in [0.25, 0.3) is 0 Å². The number of thiol groups is 1. The van der Waals surface area contributed by atoms with Gasteiger partial charge in [-0.3, -0.25) is 4.90 Å². The van der Waals surface area contributed by atoms with Gasteiger partial charge in [0, 0.05) is 0 Å².